The maximum Gasteiger partial charge on any atom is 0.348 e. The zero-order chi connectivity index (χ0) is 24.2. The Morgan fingerprint density at radius 1 is 1.09 bits per heavy atom. The molecule has 1 saturated carbocycles. The van der Waals surface area contributed by atoms with Crippen molar-refractivity contribution in [1.29, 1.82) is 0 Å². The summed E-state index contributed by atoms with van der Waals surface area (Å²) >= 11 is 0. The number of aryl methyl sites for hydroxylation is 1. The third kappa shape index (κ3) is 5.06. The Balaban J connectivity index is 1.58. The van der Waals surface area contributed by atoms with Gasteiger partial charge in [0.15, 0.2) is 35.7 Å². The molecule has 1 aromatic heterocycles. The molecule has 4 rings (SSSR count). The van der Waals surface area contributed by atoms with Crippen molar-refractivity contribution in [3.63, 3.8) is 0 Å². The monoisotopic (exact) mass is 465 g/mol. The van der Waals surface area contributed by atoms with Crippen LogP contribution in [0, 0.1) is 17.8 Å². The van der Waals surface area contributed by atoms with E-state index in [1.54, 1.807) is 7.11 Å². The van der Waals surface area contributed by atoms with E-state index in [0.29, 0.717) is 35.9 Å². The first-order chi connectivity index (χ1) is 16.4. The first kappa shape index (κ1) is 24.1. The van der Waals surface area contributed by atoms with E-state index in [1.807, 2.05) is 54.1 Å². The van der Waals surface area contributed by atoms with E-state index in [-0.39, 0.29) is 18.6 Å². The Labute approximate surface area is 202 Å². The van der Waals surface area contributed by atoms with E-state index in [9.17, 15) is 4.79 Å². The van der Waals surface area contributed by atoms with Gasteiger partial charge in [-0.3, -0.25) is 0 Å². The van der Waals surface area contributed by atoms with Crippen LogP contribution in [0.4, 0.5) is 0 Å². The smallest absolute Gasteiger partial charge is 0.348 e. The SMILES string of the molecule is COc1ccccc1OCc1n(CC(=O)OC2CC(C)CCC2C(C)C)c2ccccc2[n+]1C. The second-order valence-electron chi connectivity index (χ2n) is 9.84. The van der Waals surface area contributed by atoms with Gasteiger partial charge >= 0.3 is 5.97 Å². The van der Waals surface area contributed by atoms with Gasteiger partial charge in [-0.15, -0.1) is 0 Å². The van der Waals surface area contributed by atoms with Crippen LogP contribution in [-0.2, 0) is 29.7 Å². The van der Waals surface area contributed by atoms with Crippen molar-refractivity contribution in [2.75, 3.05) is 7.11 Å². The van der Waals surface area contributed by atoms with Crippen LogP contribution >= 0.6 is 0 Å². The van der Waals surface area contributed by atoms with Crippen LogP contribution in [0.1, 0.15) is 45.9 Å². The topological polar surface area (TPSA) is 53.6 Å². The van der Waals surface area contributed by atoms with Crippen molar-refractivity contribution >= 4 is 17.0 Å². The van der Waals surface area contributed by atoms with Crippen molar-refractivity contribution < 1.29 is 23.6 Å². The lowest BCUT2D eigenvalue weighted by Crippen LogP contribution is -2.37. The molecule has 0 amide bonds. The van der Waals surface area contributed by atoms with Gasteiger partial charge in [0, 0.05) is 0 Å². The molecule has 0 saturated heterocycles. The lowest BCUT2D eigenvalue weighted by atomic mass is 9.75. The molecule has 3 atom stereocenters. The summed E-state index contributed by atoms with van der Waals surface area (Å²) in [5.74, 6) is 3.55. The van der Waals surface area contributed by atoms with Crippen LogP contribution in [0.25, 0.3) is 11.0 Å². The second kappa shape index (κ2) is 10.5. The number of ether oxygens (including phenoxy) is 3. The zero-order valence-electron chi connectivity index (χ0n) is 21.0. The number of carbonyl (C=O) groups excluding carboxylic acids is 1. The number of esters is 1. The van der Waals surface area contributed by atoms with Crippen molar-refractivity contribution in [3.05, 3.63) is 54.4 Å². The first-order valence-corrected chi connectivity index (χ1v) is 12.3. The highest BCUT2D eigenvalue weighted by Crippen LogP contribution is 2.35. The number of nitrogens with zero attached hydrogens (tertiary/aromatic N) is 2. The molecule has 0 radical (unpaired) electrons. The summed E-state index contributed by atoms with van der Waals surface area (Å²) in [5.41, 5.74) is 2.03. The maximum absolute atomic E-state index is 13.2. The predicted molar refractivity (Wildman–Crippen MR) is 132 cm³/mol. The molecular formula is C28H37N2O4+. The molecule has 6 heteroatoms. The molecule has 0 N–H and O–H groups in total. The Morgan fingerprint density at radius 3 is 2.53 bits per heavy atom. The highest BCUT2D eigenvalue weighted by molar-refractivity contribution is 5.76. The molecule has 1 aliphatic carbocycles. The standard InChI is InChI=1S/C28H37N2O4/c1-19(2)21-15-14-20(3)16-26(21)34-28(31)17-30-23-11-7-6-10-22(23)29(4)27(30)18-33-25-13-9-8-12-24(25)32-5/h6-13,19-21,26H,14-18H2,1-5H3/q+1. The lowest BCUT2D eigenvalue weighted by molar-refractivity contribution is -0.655. The fourth-order valence-electron chi connectivity index (χ4n) is 5.25. The second-order valence-corrected chi connectivity index (χ2v) is 9.84. The number of hydrogen-bond acceptors (Lipinski definition) is 4. The van der Waals surface area contributed by atoms with Gasteiger partial charge in [-0.2, -0.15) is 0 Å². The van der Waals surface area contributed by atoms with E-state index >= 15 is 0 Å². The number of imidazole rings is 1. The van der Waals surface area contributed by atoms with Crippen LogP contribution in [0.15, 0.2) is 48.5 Å². The van der Waals surface area contributed by atoms with E-state index < -0.39 is 0 Å². The summed E-state index contributed by atoms with van der Waals surface area (Å²) in [6, 6.07) is 15.7. The summed E-state index contributed by atoms with van der Waals surface area (Å²) in [5, 5.41) is 0. The van der Waals surface area contributed by atoms with Crippen molar-refractivity contribution in [2.45, 2.75) is 59.3 Å². The van der Waals surface area contributed by atoms with Gasteiger partial charge in [-0.05, 0) is 54.9 Å². The molecule has 3 aromatic rings. The Bertz CT molecular complexity index is 1140. The molecule has 0 spiro atoms. The third-order valence-electron chi connectivity index (χ3n) is 7.19. The fraction of sp³-hybridized carbons (Fsp3) is 0.500. The molecular weight excluding hydrogens is 428 g/mol. The maximum atomic E-state index is 13.2. The van der Waals surface area contributed by atoms with Gasteiger partial charge in [0.1, 0.15) is 6.10 Å². The van der Waals surface area contributed by atoms with E-state index in [2.05, 4.69) is 31.4 Å². The van der Waals surface area contributed by atoms with E-state index in [4.69, 9.17) is 14.2 Å². The van der Waals surface area contributed by atoms with Crippen LogP contribution in [-0.4, -0.2) is 23.8 Å². The molecule has 3 unspecified atom stereocenters. The number of para-hydroxylation sites is 4. The van der Waals surface area contributed by atoms with Crippen LogP contribution < -0.4 is 14.0 Å². The number of benzene rings is 2. The lowest BCUT2D eigenvalue weighted by Gasteiger charge is -2.36. The minimum atomic E-state index is -0.190. The first-order valence-electron chi connectivity index (χ1n) is 12.3. The third-order valence-corrected chi connectivity index (χ3v) is 7.19. The fourth-order valence-corrected chi connectivity index (χ4v) is 5.25. The number of aromatic nitrogens is 2. The summed E-state index contributed by atoms with van der Waals surface area (Å²) in [7, 11) is 3.63. The summed E-state index contributed by atoms with van der Waals surface area (Å²) in [6.07, 6.45) is 3.26. The molecule has 1 aliphatic rings. The highest BCUT2D eigenvalue weighted by Gasteiger charge is 2.34. The van der Waals surface area contributed by atoms with Crippen LogP contribution in [0.2, 0.25) is 0 Å². The van der Waals surface area contributed by atoms with Crippen molar-refractivity contribution in [1.82, 2.24) is 4.57 Å². The van der Waals surface area contributed by atoms with E-state index in [0.717, 1.165) is 29.7 Å². The highest BCUT2D eigenvalue weighted by atomic mass is 16.5. The van der Waals surface area contributed by atoms with Crippen LogP contribution in [0.5, 0.6) is 11.5 Å². The average Bonchev–Trinajstić information content (AvgIpc) is 3.08. The minimum Gasteiger partial charge on any atom is -0.493 e. The van der Waals surface area contributed by atoms with Gasteiger partial charge in [0.05, 0.1) is 14.2 Å². The molecule has 34 heavy (non-hydrogen) atoms. The number of fused-ring (bicyclic) bond motifs is 1. The van der Waals surface area contributed by atoms with Crippen molar-refractivity contribution in [2.24, 2.45) is 24.8 Å². The van der Waals surface area contributed by atoms with E-state index in [1.165, 1.54) is 6.42 Å². The van der Waals surface area contributed by atoms with Crippen LogP contribution in [0.3, 0.4) is 0 Å². The molecule has 1 heterocycles. The average molecular weight is 466 g/mol. The van der Waals surface area contributed by atoms with Gasteiger partial charge in [-0.25, -0.2) is 13.9 Å². The largest absolute Gasteiger partial charge is 0.493 e. The summed E-state index contributed by atoms with van der Waals surface area (Å²) in [6.45, 7) is 7.17. The molecule has 182 valence electrons. The summed E-state index contributed by atoms with van der Waals surface area (Å²) in [4.78, 5) is 13.2. The number of rotatable bonds is 8. The Hall–Kier alpha value is -3.02. The minimum absolute atomic E-state index is 0.0138. The number of carbonyl (C=O) groups is 1. The molecule has 0 aliphatic heterocycles. The van der Waals surface area contributed by atoms with Gasteiger partial charge in [0.25, 0.3) is 5.82 Å². The van der Waals surface area contributed by atoms with Crippen molar-refractivity contribution in [3.8, 4) is 11.5 Å². The quantitative estimate of drug-likeness (QED) is 0.345. The number of hydrogen-bond donors (Lipinski definition) is 0. The Morgan fingerprint density at radius 2 is 1.79 bits per heavy atom. The van der Waals surface area contributed by atoms with Gasteiger partial charge in [0.2, 0.25) is 0 Å². The molecule has 2 aromatic carbocycles. The normalized spacial score (nSPS) is 20.5. The van der Waals surface area contributed by atoms with Gasteiger partial charge < -0.3 is 14.2 Å². The molecule has 0 bridgehead atoms. The zero-order valence-corrected chi connectivity index (χ0v) is 21.0. The van der Waals surface area contributed by atoms with Gasteiger partial charge in [-0.1, -0.05) is 51.5 Å². The predicted octanol–water partition coefficient (Wildman–Crippen LogP) is 5.06. The summed E-state index contributed by atoms with van der Waals surface area (Å²) < 4.78 is 21.8. The number of methoxy groups -OCH3 is 1. The molecule has 6 nitrogen and oxygen atoms in total. The molecule has 1 fully saturated rings. The Kier molecular flexibility index (Phi) is 7.44.